The second-order valence-corrected chi connectivity index (χ2v) is 9.87. The summed E-state index contributed by atoms with van der Waals surface area (Å²) in [6, 6.07) is 25.9. The molecule has 2 atom stereocenters. The normalized spacial score (nSPS) is 16.1. The molecule has 0 aromatic heterocycles. The zero-order valence-corrected chi connectivity index (χ0v) is 20.7. The highest BCUT2D eigenvalue weighted by molar-refractivity contribution is 7.80. The van der Waals surface area contributed by atoms with Crippen molar-refractivity contribution in [1.82, 2.24) is 5.32 Å². The number of carbonyl (C=O) groups is 1. The molecule has 1 aliphatic rings. The van der Waals surface area contributed by atoms with Crippen molar-refractivity contribution in [2.45, 2.75) is 51.4 Å². The van der Waals surface area contributed by atoms with E-state index in [4.69, 9.17) is 21.7 Å². The highest BCUT2D eigenvalue weighted by Gasteiger charge is 2.31. The fraction of sp³-hybridized carbons (Fsp3) is 0.286. The smallest absolute Gasteiger partial charge is 0.408 e. The van der Waals surface area contributed by atoms with Crippen LogP contribution >= 0.6 is 12.2 Å². The van der Waals surface area contributed by atoms with Crippen LogP contribution in [0.5, 0.6) is 5.75 Å². The number of thiocarbonyl (C=S) groups is 1. The summed E-state index contributed by atoms with van der Waals surface area (Å²) in [7, 11) is 0. The van der Waals surface area contributed by atoms with E-state index < -0.39 is 17.7 Å². The van der Waals surface area contributed by atoms with Gasteiger partial charge in [-0.1, -0.05) is 78.9 Å². The maximum absolute atomic E-state index is 13.0. The van der Waals surface area contributed by atoms with E-state index in [0.29, 0.717) is 4.99 Å². The van der Waals surface area contributed by atoms with Crippen LogP contribution in [0.2, 0.25) is 0 Å². The van der Waals surface area contributed by atoms with Gasteiger partial charge in [-0.15, -0.1) is 0 Å². The Morgan fingerprint density at radius 2 is 1.56 bits per heavy atom. The first-order valence-corrected chi connectivity index (χ1v) is 11.8. The molecule has 1 amide bonds. The van der Waals surface area contributed by atoms with E-state index in [0.717, 1.165) is 28.1 Å². The molecule has 2 unspecified atom stereocenters. The van der Waals surface area contributed by atoms with E-state index >= 15 is 0 Å². The molecule has 0 saturated carbocycles. The number of alkyl carbamates (subject to hydrolysis) is 1. The molecular weight excluding hydrogens is 444 g/mol. The summed E-state index contributed by atoms with van der Waals surface area (Å²) >= 11 is 5.42. The molecule has 176 valence electrons. The summed E-state index contributed by atoms with van der Waals surface area (Å²) in [5.41, 5.74) is 3.26. The Morgan fingerprint density at radius 1 is 0.971 bits per heavy atom. The van der Waals surface area contributed by atoms with Crippen molar-refractivity contribution < 1.29 is 14.3 Å². The first kappa shape index (κ1) is 23.8. The lowest BCUT2D eigenvalue weighted by molar-refractivity contribution is 0.0499. The average molecular weight is 475 g/mol. The Morgan fingerprint density at radius 3 is 2.12 bits per heavy atom. The van der Waals surface area contributed by atoms with Gasteiger partial charge in [0.25, 0.3) is 0 Å². The average Bonchev–Trinajstić information content (AvgIpc) is 2.79. The second-order valence-electron chi connectivity index (χ2n) is 9.43. The highest BCUT2D eigenvalue weighted by atomic mass is 32.1. The van der Waals surface area contributed by atoms with Crippen LogP contribution in [0, 0.1) is 0 Å². The minimum absolute atomic E-state index is 0.150. The number of hydrogen-bond acceptors (Lipinski definition) is 4. The minimum atomic E-state index is -0.614. The van der Waals surface area contributed by atoms with Crippen molar-refractivity contribution in [2.75, 3.05) is 5.32 Å². The van der Waals surface area contributed by atoms with E-state index in [-0.39, 0.29) is 12.0 Å². The third-order valence-corrected chi connectivity index (χ3v) is 6.05. The number of fused-ring (bicyclic) bond motifs is 1. The lowest BCUT2D eigenvalue weighted by Gasteiger charge is -2.32. The number of amides is 1. The zero-order chi connectivity index (χ0) is 24.3. The Balaban J connectivity index is 1.81. The van der Waals surface area contributed by atoms with Gasteiger partial charge in [-0.05, 0) is 56.5 Å². The fourth-order valence-electron chi connectivity index (χ4n) is 4.11. The second kappa shape index (κ2) is 9.85. The van der Waals surface area contributed by atoms with Crippen LogP contribution in [0.4, 0.5) is 10.5 Å². The summed E-state index contributed by atoms with van der Waals surface area (Å²) in [6.45, 7) is 7.49. The molecule has 3 aromatic carbocycles. The molecule has 0 radical (unpaired) electrons. The van der Waals surface area contributed by atoms with Crippen LogP contribution in [0.1, 0.15) is 56.3 Å². The first-order chi connectivity index (χ1) is 16.2. The maximum atomic E-state index is 13.0. The van der Waals surface area contributed by atoms with Gasteiger partial charge in [0.2, 0.25) is 0 Å². The molecule has 0 bridgehead atoms. The van der Waals surface area contributed by atoms with Crippen LogP contribution < -0.4 is 15.4 Å². The number of ether oxygens (including phenoxy) is 2. The van der Waals surface area contributed by atoms with Crippen molar-refractivity contribution in [3.05, 3.63) is 95.6 Å². The molecule has 2 N–H and O–H groups in total. The molecular formula is C28H30N2O3S. The molecule has 5 nitrogen and oxygen atoms in total. The molecule has 0 aliphatic carbocycles. The quantitative estimate of drug-likeness (QED) is 0.408. The largest absolute Gasteiger partial charge is 0.481 e. The first-order valence-electron chi connectivity index (χ1n) is 11.4. The summed E-state index contributed by atoms with van der Waals surface area (Å²) in [5, 5.41) is 6.43. The van der Waals surface area contributed by atoms with Gasteiger partial charge in [0.05, 0.1) is 11.7 Å². The van der Waals surface area contributed by atoms with E-state index in [1.807, 2.05) is 82.3 Å². The number of anilines is 1. The molecule has 1 aliphatic heterocycles. The van der Waals surface area contributed by atoms with E-state index in [2.05, 4.69) is 34.9 Å². The number of rotatable bonds is 5. The van der Waals surface area contributed by atoms with Crippen LogP contribution in [-0.2, 0) is 4.74 Å². The van der Waals surface area contributed by atoms with Gasteiger partial charge in [0.1, 0.15) is 22.4 Å². The van der Waals surface area contributed by atoms with E-state index in [9.17, 15) is 4.79 Å². The lowest BCUT2D eigenvalue weighted by Crippen LogP contribution is -2.38. The summed E-state index contributed by atoms with van der Waals surface area (Å²) in [5.74, 6) is 0.584. The van der Waals surface area contributed by atoms with Gasteiger partial charge in [-0.25, -0.2) is 4.79 Å². The van der Waals surface area contributed by atoms with Gasteiger partial charge in [-0.2, -0.15) is 0 Å². The predicted molar refractivity (Wildman–Crippen MR) is 140 cm³/mol. The molecule has 0 spiro atoms. The van der Waals surface area contributed by atoms with Gasteiger partial charge in [-0.3, -0.25) is 0 Å². The Bertz CT molecular complexity index is 1120. The van der Waals surface area contributed by atoms with E-state index in [1.165, 1.54) is 0 Å². The molecule has 1 heterocycles. The SMILES string of the molecule is CC1Oc2ccc(C(NC(=O)OC(C)(C)C)C(c3ccccc3)c3ccccc3)cc2NC1=S. The van der Waals surface area contributed by atoms with Gasteiger partial charge in [0.15, 0.2) is 0 Å². The molecule has 0 fully saturated rings. The van der Waals surface area contributed by atoms with Crippen LogP contribution in [0.15, 0.2) is 78.9 Å². The number of hydrogen-bond donors (Lipinski definition) is 2. The van der Waals surface area contributed by atoms with Crippen LogP contribution in [0.25, 0.3) is 0 Å². The molecule has 6 heteroatoms. The van der Waals surface area contributed by atoms with Crippen molar-refractivity contribution in [2.24, 2.45) is 0 Å². The minimum Gasteiger partial charge on any atom is -0.481 e. The maximum Gasteiger partial charge on any atom is 0.408 e. The van der Waals surface area contributed by atoms with Gasteiger partial charge >= 0.3 is 6.09 Å². The van der Waals surface area contributed by atoms with Crippen molar-refractivity contribution in [3.63, 3.8) is 0 Å². The molecule has 3 aromatic rings. The molecule has 34 heavy (non-hydrogen) atoms. The van der Waals surface area contributed by atoms with Crippen molar-refractivity contribution in [3.8, 4) is 5.75 Å². The summed E-state index contributed by atoms with van der Waals surface area (Å²) in [6.07, 6.45) is -0.661. The Hall–Kier alpha value is -3.38. The van der Waals surface area contributed by atoms with Crippen LogP contribution in [-0.4, -0.2) is 22.8 Å². The van der Waals surface area contributed by atoms with Crippen LogP contribution in [0.3, 0.4) is 0 Å². The van der Waals surface area contributed by atoms with Gasteiger partial charge in [0, 0.05) is 5.92 Å². The zero-order valence-electron chi connectivity index (χ0n) is 19.9. The summed E-state index contributed by atoms with van der Waals surface area (Å²) < 4.78 is 11.6. The number of carbonyl (C=O) groups excluding carboxylic acids is 1. The Labute approximate surface area is 206 Å². The standard InChI is InChI=1S/C28H30N2O3S/c1-18-26(34)29-22-17-21(15-16-23(22)32-18)25(30-27(31)33-28(2,3)4)24(19-11-7-5-8-12-19)20-13-9-6-10-14-20/h5-18,24-25H,1-4H3,(H,29,34)(H,30,31). The van der Waals surface area contributed by atoms with Crippen molar-refractivity contribution in [1.29, 1.82) is 0 Å². The fourth-order valence-corrected chi connectivity index (χ4v) is 4.27. The number of benzene rings is 3. The van der Waals surface area contributed by atoms with Gasteiger partial charge < -0.3 is 20.1 Å². The topological polar surface area (TPSA) is 59.6 Å². The predicted octanol–water partition coefficient (Wildman–Crippen LogP) is 6.60. The lowest BCUT2D eigenvalue weighted by atomic mass is 9.81. The van der Waals surface area contributed by atoms with E-state index in [1.54, 1.807) is 0 Å². The Kier molecular flexibility index (Phi) is 6.89. The number of nitrogens with one attached hydrogen (secondary N) is 2. The third-order valence-electron chi connectivity index (χ3n) is 5.62. The molecule has 4 rings (SSSR count). The van der Waals surface area contributed by atoms with Crippen molar-refractivity contribution >= 4 is 29.0 Å². The molecule has 0 saturated heterocycles. The third kappa shape index (κ3) is 5.57. The highest BCUT2D eigenvalue weighted by Crippen LogP contribution is 2.40. The monoisotopic (exact) mass is 474 g/mol. The summed E-state index contributed by atoms with van der Waals surface area (Å²) in [4.78, 5) is 13.6.